The van der Waals surface area contributed by atoms with Crippen molar-refractivity contribution in [2.75, 3.05) is 33.4 Å². The van der Waals surface area contributed by atoms with E-state index in [1.54, 1.807) is 0 Å². The van der Waals surface area contributed by atoms with Gasteiger partial charge in [-0.15, -0.1) is 0 Å². The zero-order valence-electron chi connectivity index (χ0n) is 13.2. The lowest BCUT2D eigenvalue weighted by molar-refractivity contribution is -0.156. The Morgan fingerprint density at radius 1 is 1.38 bits per heavy atom. The molecule has 0 bridgehead atoms. The monoisotopic (exact) mass is 291 g/mol. The molecule has 21 heavy (non-hydrogen) atoms. The summed E-state index contributed by atoms with van der Waals surface area (Å²) in [6.45, 7) is 7.89. The van der Waals surface area contributed by atoms with Crippen molar-refractivity contribution < 1.29 is 14.3 Å². The molecule has 1 aliphatic heterocycles. The smallest absolute Gasteiger partial charge is 0.316 e. The first-order chi connectivity index (χ1) is 10.1. The molecule has 2 aliphatic carbocycles. The minimum atomic E-state index is -0.399. The Labute approximate surface area is 126 Å². The average molecular weight is 291 g/mol. The third-order valence-electron chi connectivity index (χ3n) is 5.34. The Morgan fingerprint density at radius 3 is 2.71 bits per heavy atom. The minimum Gasteiger partial charge on any atom is -0.468 e. The molecule has 0 radical (unpaired) electrons. The van der Waals surface area contributed by atoms with E-state index in [2.05, 4.69) is 30.9 Å². The molecular weight excluding hydrogens is 266 g/mol. The topological polar surface area (TPSA) is 38.8 Å². The van der Waals surface area contributed by atoms with Crippen LogP contribution < -0.4 is 0 Å². The van der Waals surface area contributed by atoms with E-state index >= 15 is 0 Å². The highest BCUT2D eigenvalue weighted by Gasteiger charge is 2.57. The lowest BCUT2D eigenvalue weighted by Gasteiger charge is -2.53. The number of allylic oxidation sites excluding steroid dienone is 2. The number of morpholine rings is 1. The maximum atomic E-state index is 12.3. The molecule has 1 saturated carbocycles. The molecule has 0 aromatic carbocycles. The molecule has 4 nitrogen and oxygen atoms in total. The van der Waals surface area contributed by atoms with Gasteiger partial charge in [-0.3, -0.25) is 9.69 Å². The zero-order chi connectivity index (χ0) is 15.0. The molecule has 0 amide bonds. The number of fused-ring (bicyclic) bond motifs is 1. The minimum absolute atomic E-state index is 0.0748. The standard InChI is InChI=1S/C17H25NO3/c1-12(2)14-11-17(16(19)20-3)5-4-13(10-15(14)17)18-6-8-21-9-7-18/h4-5,13,15H,6-11H2,1-3H3/t13-,15-,17-/m0/s1. The number of carbonyl (C=O) groups excluding carboxylic acids is 1. The number of hydrogen-bond donors (Lipinski definition) is 0. The predicted molar refractivity (Wildman–Crippen MR) is 80.9 cm³/mol. The van der Waals surface area contributed by atoms with Crippen LogP contribution in [0.1, 0.15) is 26.7 Å². The van der Waals surface area contributed by atoms with Gasteiger partial charge in [-0.25, -0.2) is 0 Å². The molecule has 3 atom stereocenters. The second-order valence-corrected chi connectivity index (χ2v) is 6.60. The van der Waals surface area contributed by atoms with Crippen LogP contribution in [-0.4, -0.2) is 50.3 Å². The molecule has 2 fully saturated rings. The van der Waals surface area contributed by atoms with Crippen LogP contribution in [0.5, 0.6) is 0 Å². The van der Waals surface area contributed by atoms with E-state index in [-0.39, 0.29) is 5.97 Å². The number of carbonyl (C=O) groups is 1. The largest absolute Gasteiger partial charge is 0.468 e. The summed E-state index contributed by atoms with van der Waals surface area (Å²) in [5, 5.41) is 0. The van der Waals surface area contributed by atoms with E-state index in [0.717, 1.165) is 39.1 Å². The van der Waals surface area contributed by atoms with Crippen LogP contribution in [0, 0.1) is 11.3 Å². The van der Waals surface area contributed by atoms with Crippen molar-refractivity contribution in [3.05, 3.63) is 23.3 Å². The Bertz CT molecular complexity index is 486. The van der Waals surface area contributed by atoms with Gasteiger partial charge in [0.2, 0.25) is 0 Å². The molecule has 0 spiro atoms. The fraction of sp³-hybridized carbons (Fsp3) is 0.706. The molecule has 0 aromatic heterocycles. The number of rotatable bonds is 2. The first-order valence-electron chi connectivity index (χ1n) is 7.84. The van der Waals surface area contributed by atoms with Gasteiger partial charge in [0.1, 0.15) is 0 Å². The molecule has 0 unspecified atom stereocenters. The first-order valence-corrected chi connectivity index (χ1v) is 7.84. The van der Waals surface area contributed by atoms with Crippen LogP contribution in [0.25, 0.3) is 0 Å². The number of methoxy groups -OCH3 is 1. The van der Waals surface area contributed by atoms with Crippen LogP contribution in [0.2, 0.25) is 0 Å². The van der Waals surface area contributed by atoms with Crippen LogP contribution in [-0.2, 0) is 14.3 Å². The van der Waals surface area contributed by atoms with Gasteiger partial charge in [-0.2, -0.15) is 0 Å². The molecule has 0 N–H and O–H groups in total. The Balaban J connectivity index is 1.84. The molecule has 0 aromatic rings. The van der Waals surface area contributed by atoms with Gasteiger partial charge in [0.25, 0.3) is 0 Å². The van der Waals surface area contributed by atoms with Crippen molar-refractivity contribution in [2.45, 2.75) is 32.7 Å². The lowest BCUT2D eigenvalue weighted by atomic mass is 9.52. The van der Waals surface area contributed by atoms with Crippen molar-refractivity contribution in [1.29, 1.82) is 0 Å². The van der Waals surface area contributed by atoms with Crippen molar-refractivity contribution in [1.82, 2.24) is 4.90 Å². The van der Waals surface area contributed by atoms with E-state index in [4.69, 9.17) is 9.47 Å². The maximum Gasteiger partial charge on any atom is 0.316 e. The summed E-state index contributed by atoms with van der Waals surface area (Å²) in [4.78, 5) is 14.7. The third-order valence-corrected chi connectivity index (χ3v) is 5.34. The van der Waals surface area contributed by atoms with E-state index in [1.165, 1.54) is 18.3 Å². The van der Waals surface area contributed by atoms with Crippen LogP contribution in [0.4, 0.5) is 0 Å². The second kappa shape index (κ2) is 5.58. The van der Waals surface area contributed by atoms with E-state index < -0.39 is 5.41 Å². The van der Waals surface area contributed by atoms with Crippen LogP contribution in [0.3, 0.4) is 0 Å². The SMILES string of the molecule is COC(=O)[C@]12C=C[C@H](N3CCOCC3)C[C@H]1C(=C(C)C)C2. The number of nitrogens with zero attached hydrogens (tertiary/aromatic N) is 1. The molecule has 3 rings (SSSR count). The van der Waals surface area contributed by atoms with Gasteiger partial charge in [0, 0.05) is 25.0 Å². The summed E-state index contributed by atoms with van der Waals surface area (Å²) in [7, 11) is 1.50. The highest BCUT2D eigenvalue weighted by molar-refractivity contribution is 5.83. The van der Waals surface area contributed by atoms with Crippen molar-refractivity contribution in [2.24, 2.45) is 11.3 Å². The normalized spacial score (nSPS) is 35.9. The van der Waals surface area contributed by atoms with Crippen LogP contribution >= 0.6 is 0 Å². The fourth-order valence-electron chi connectivity index (χ4n) is 4.05. The quantitative estimate of drug-likeness (QED) is 0.577. The van der Waals surface area contributed by atoms with E-state index in [9.17, 15) is 4.79 Å². The lowest BCUT2D eigenvalue weighted by Crippen LogP contribution is -2.54. The molecule has 116 valence electrons. The predicted octanol–water partition coefficient (Wildman–Crippen LogP) is 2.16. The molecular formula is C17H25NO3. The highest BCUT2D eigenvalue weighted by atomic mass is 16.5. The van der Waals surface area contributed by atoms with Crippen molar-refractivity contribution in [3.63, 3.8) is 0 Å². The van der Waals surface area contributed by atoms with Gasteiger partial charge in [-0.05, 0) is 26.7 Å². The highest BCUT2D eigenvalue weighted by Crippen LogP contribution is 2.58. The number of esters is 1. The fourth-order valence-corrected chi connectivity index (χ4v) is 4.05. The Morgan fingerprint density at radius 2 is 2.10 bits per heavy atom. The summed E-state index contributed by atoms with van der Waals surface area (Å²) < 4.78 is 10.5. The second-order valence-electron chi connectivity index (χ2n) is 6.60. The van der Waals surface area contributed by atoms with Crippen molar-refractivity contribution in [3.8, 4) is 0 Å². The summed E-state index contributed by atoms with van der Waals surface area (Å²) >= 11 is 0. The number of ether oxygens (including phenoxy) is 2. The molecule has 1 heterocycles. The van der Waals surface area contributed by atoms with Gasteiger partial charge in [-0.1, -0.05) is 23.3 Å². The maximum absolute atomic E-state index is 12.3. The summed E-state index contributed by atoms with van der Waals surface area (Å²) in [6, 6.07) is 0.423. The van der Waals surface area contributed by atoms with Crippen molar-refractivity contribution >= 4 is 5.97 Å². The Kier molecular flexibility index (Phi) is 3.93. The Hall–Kier alpha value is -1.13. The molecule has 4 heteroatoms. The van der Waals surface area contributed by atoms with Gasteiger partial charge in [0.15, 0.2) is 0 Å². The van der Waals surface area contributed by atoms with Gasteiger partial charge < -0.3 is 9.47 Å². The van der Waals surface area contributed by atoms with E-state index in [0.29, 0.717) is 12.0 Å². The third kappa shape index (κ3) is 2.34. The average Bonchev–Trinajstić information content (AvgIpc) is 2.48. The number of hydrogen-bond acceptors (Lipinski definition) is 4. The van der Waals surface area contributed by atoms with Gasteiger partial charge in [0.05, 0.1) is 25.7 Å². The van der Waals surface area contributed by atoms with Gasteiger partial charge >= 0.3 is 5.97 Å². The summed E-state index contributed by atoms with van der Waals surface area (Å²) in [5.74, 6) is 0.238. The molecule has 3 aliphatic rings. The van der Waals surface area contributed by atoms with Crippen LogP contribution in [0.15, 0.2) is 23.3 Å². The summed E-state index contributed by atoms with van der Waals surface area (Å²) in [5.41, 5.74) is 2.41. The van der Waals surface area contributed by atoms with E-state index in [1.807, 2.05) is 0 Å². The zero-order valence-corrected chi connectivity index (χ0v) is 13.2. The summed E-state index contributed by atoms with van der Waals surface area (Å²) in [6.07, 6.45) is 6.20. The molecule has 1 saturated heterocycles. The first kappa shape index (κ1) is 14.8.